The molecule has 1 N–H and O–H groups in total. The van der Waals surface area contributed by atoms with Gasteiger partial charge in [0.1, 0.15) is 17.3 Å². The Morgan fingerprint density at radius 2 is 1.85 bits per heavy atom. The van der Waals surface area contributed by atoms with E-state index < -0.39 is 0 Å². The van der Waals surface area contributed by atoms with E-state index in [1.54, 1.807) is 13.0 Å². The van der Waals surface area contributed by atoms with Crippen molar-refractivity contribution in [2.75, 3.05) is 18.5 Å². The lowest BCUT2D eigenvalue weighted by Gasteiger charge is -2.19. The summed E-state index contributed by atoms with van der Waals surface area (Å²) in [7, 11) is 1.91. The molecule has 1 heterocycles. The number of rotatable bonds is 6. The predicted octanol–water partition coefficient (Wildman–Crippen LogP) is 4.18. The van der Waals surface area contributed by atoms with Gasteiger partial charge in [0.15, 0.2) is 0 Å². The Morgan fingerprint density at radius 3 is 2.59 bits per heavy atom. The smallest absolute Gasteiger partial charge is 0.270 e. The van der Waals surface area contributed by atoms with Gasteiger partial charge in [-0.15, -0.1) is 0 Å². The van der Waals surface area contributed by atoms with Crippen LogP contribution in [0, 0.1) is 6.92 Å². The molecule has 0 aliphatic heterocycles. The number of nitrogens with one attached hydrogen (secondary N) is 1. The normalized spacial score (nSPS) is 10.5. The molecule has 0 aliphatic carbocycles. The highest BCUT2D eigenvalue weighted by Crippen LogP contribution is 2.21. The Kier molecular flexibility index (Phi) is 6.04. The quantitative estimate of drug-likeness (QED) is 0.697. The van der Waals surface area contributed by atoms with Crippen molar-refractivity contribution in [3.05, 3.63) is 82.8 Å². The van der Waals surface area contributed by atoms with E-state index in [2.05, 4.69) is 15.3 Å². The third kappa shape index (κ3) is 5.05. The molecule has 1 aromatic heterocycles. The van der Waals surface area contributed by atoms with Crippen LogP contribution in [0.1, 0.15) is 21.9 Å². The van der Waals surface area contributed by atoms with Gasteiger partial charge in [0, 0.05) is 30.4 Å². The molecular formula is C21H21ClN4O. The molecule has 138 valence electrons. The summed E-state index contributed by atoms with van der Waals surface area (Å²) < 4.78 is 0. The van der Waals surface area contributed by atoms with Crippen molar-refractivity contribution in [3.63, 3.8) is 0 Å². The number of hydrogen-bond donors (Lipinski definition) is 1. The van der Waals surface area contributed by atoms with Crippen LogP contribution in [-0.2, 0) is 6.42 Å². The minimum atomic E-state index is -0.217. The van der Waals surface area contributed by atoms with Gasteiger partial charge in [-0.05, 0) is 43.2 Å². The van der Waals surface area contributed by atoms with Crippen LogP contribution < -0.4 is 10.2 Å². The summed E-state index contributed by atoms with van der Waals surface area (Å²) in [5.41, 5.74) is 2.42. The lowest BCUT2D eigenvalue weighted by Crippen LogP contribution is -2.27. The molecule has 0 fully saturated rings. The third-order valence-corrected chi connectivity index (χ3v) is 4.37. The standard InChI is InChI=1S/C21H21ClN4O/c1-15-24-19(14-20(25-15)26(2)18-9-4-3-5-10-18)21(27)23-12-11-16-7-6-8-17(22)13-16/h3-10,13-14H,11-12H2,1-2H3,(H,23,27). The van der Waals surface area contributed by atoms with Crippen LogP contribution in [0.15, 0.2) is 60.7 Å². The van der Waals surface area contributed by atoms with E-state index in [1.807, 2.05) is 66.5 Å². The number of amides is 1. The van der Waals surface area contributed by atoms with E-state index in [0.29, 0.717) is 35.3 Å². The number of para-hydroxylation sites is 1. The van der Waals surface area contributed by atoms with Crippen LogP contribution in [0.25, 0.3) is 0 Å². The number of nitrogens with zero attached hydrogens (tertiary/aromatic N) is 3. The number of aromatic nitrogens is 2. The lowest BCUT2D eigenvalue weighted by atomic mass is 10.1. The zero-order valence-corrected chi connectivity index (χ0v) is 16.1. The van der Waals surface area contributed by atoms with Crippen LogP contribution >= 0.6 is 11.6 Å². The first-order valence-electron chi connectivity index (χ1n) is 8.70. The first kappa shape index (κ1) is 18.9. The van der Waals surface area contributed by atoms with Crippen molar-refractivity contribution in [1.29, 1.82) is 0 Å². The monoisotopic (exact) mass is 380 g/mol. The number of anilines is 2. The first-order chi connectivity index (χ1) is 13.0. The fourth-order valence-corrected chi connectivity index (χ4v) is 2.94. The maximum Gasteiger partial charge on any atom is 0.270 e. The topological polar surface area (TPSA) is 58.1 Å². The molecule has 5 nitrogen and oxygen atoms in total. The minimum absolute atomic E-state index is 0.217. The average molecular weight is 381 g/mol. The van der Waals surface area contributed by atoms with Crippen molar-refractivity contribution in [1.82, 2.24) is 15.3 Å². The van der Waals surface area contributed by atoms with Crippen molar-refractivity contribution in [2.24, 2.45) is 0 Å². The number of aryl methyl sites for hydroxylation is 1. The number of halogens is 1. The highest BCUT2D eigenvalue weighted by molar-refractivity contribution is 6.30. The molecule has 0 radical (unpaired) electrons. The van der Waals surface area contributed by atoms with Gasteiger partial charge in [-0.3, -0.25) is 4.79 Å². The van der Waals surface area contributed by atoms with Gasteiger partial charge in [-0.25, -0.2) is 9.97 Å². The second-order valence-corrected chi connectivity index (χ2v) is 6.63. The largest absolute Gasteiger partial charge is 0.350 e. The highest BCUT2D eigenvalue weighted by Gasteiger charge is 2.13. The summed E-state index contributed by atoms with van der Waals surface area (Å²) in [5.74, 6) is 1.01. The Bertz CT molecular complexity index is 930. The van der Waals surface area contributed by atoms with Gasteiger partial charge >= 0.3 is 0 Å². The molecule has 0 spiro atoms. The Hall–Kier alpha value is -2.92. The minimum Gasteiger partial charge on any atom is -0.350 e. The number of carbonyl (C=O) groups excluding carboxylic acids is 1. The summed E-state index contributed by atoms with van der Waals surface area (Å²) in [4.78, 5) is 23.2. The maximum absolute atomic E-state index is 12.5. The molecule has 27 heavy (non-hydrogen) atoms. The van der Waals surface area contributed by atoms with Gasteiger partial charge in [-0.2, -0.15) is 0 Å². The molecule has 3 rings (SSSR count). The molecule has 0 unspecified atom stereocenters. The lowest BCUT2D eigenvalue weighted by molar-refractivity contribution is 0.0949. The van der Waals surface area contributed by atoms with Gasteiger partial charge in [0.25, 0.3) is 5.91 Å². The van der Waals surface area contributed by atoms with Crippen LogP contribution in [0.2, 0.25) is 5.02 Å². The van der Waals surface area contributed by atoms with Crippen molar-refractivity contribution in [3.8, 4) is 0 Å². The number of hydrogen-bond acceptors (Lipinski definition) is 4. The van der Waals surface area contributed by atoms with Crippen molar-refractivity contribution >= 4 is 29.0 Å². The highest BCUT2D eigenvalue weighted by atomic mass is 35.5. The van der Waals surface area contributed by atoms with E-state index in [0.717, 1.165) is 11.3 Å². The molecule has 1 amide bonds. The van der Waals surface area contributed by atoms with E-state index in [-0.39, 0.29) is 5.91 Å². The zero-order chi connectivity index (χ0) is 19.2. The second-order valence-electron chi connectivity index (χ2n) is 6.19. The van der Waals surface area contributed by atoms with Crippen LogP contribution in [0.3, 0.4) is 0 Å². The summed E-state index contributed by atoms with van der Waals surface area (Å²) >= 11 is 5.99. The molecule has 3 aromatic rings. The summed E-state index contributed by atoms with van der Waals surface area (Å²) in [6.07, 6.45) is 0.702. The fourth-order valence-electron chi connectivity index (χ4n) is 2.73. The van der Waals surface area contributed by atoms with Gasteiger partial charge < -0.3 is 10.2 Å². The zero-order valence-electron chi connectivity index (χ0n) is 15.3. The Labute approximate surface area is 164 Å². The van der Waals surface area contributed by atoms with Gasteiger partial charge in [0.2, 0.25) is 0 Å². The average Bonchev–Trinajstić information content (AvgIpc) is 2.67. The fraction of sp³-hybridized carbons (Fsp3) is 0.190. The van der Waals surface area contributed by atoms with E-state index in [1.165, 1.54) is 0 Å². The summed E-state index contributed by atoms with van der Waals surface area (Å²) in [6.45, 7) is 2.29. The summed E-state index contributed by atoms with van der Waals surface area (Å²) in [5, 5.41) is 3.60. The second kappa shape index (κ2) is 8.64. The molecule has 6 heteroatoms. The molecule has 0 bridgehead atoms. The molecular weight excluding hydrogens is 360 g/mol. The molecule has 0 saturated heterocycles. The number of benzene rings is 2. The van der Waals surface area contributed by atoms with E-state index in [4.69, 9.17) is 11.6 Å². The Balaban J connectivity index is 1.68. The molecule has 2 aromatic carbocycles. The van der Waals surface area contributed by atoms with Gasteiger partial charge in [0.05, 0.1) is 0 Å². The third-order valence-electron chi connectivity index (χ3n) is 4.13. The van der Waals surface area contributed by atoms with Gasteiger partial charge in [-0.1, -0.05) is 41.9 Å². The van der Waals surface area contributed by atoms with E-state index >= 15 is 0 Å². The van der Waals surface area contributed by atoms with Crippen LogP contribution in [-0.4, -0.2) is 29.5 Å². The van der Waals surface area contributed by atoms with Crippen molar-refractivity contribution < 1.29 is 4.79 Å². The SMILES string of the molecule is Cc1nc(C(=O)NCCc2cccc(Cl)c2)cc(N(C)c2ccccc2)n1. The summed E-state index contributed by atoms with van der Waals surface area (Å²) in [6, 6.07) is 19.2. The van der Waals surface area contributed by atoms with Crippen LogP contribution in [0.5, 0.6) is 0 Å². The Morgan fingerprint density at radius 1 is 1.07 bits per heavy atom. The molecule has 0 atom stereocenters. The first-order valence-corrected chi connectivity index (χ1v) is 9.08. The molecule has 0 saturated carbocycles. The van der Waals surface area contributed by atoms with Crippen LogP contribution in [0.4, 0.5) is 11.5 Å². The predicted molar refractivity (Wildman–Crippen MR) is 109 cm³/mol. The van der Waals surface area contributed by atoms with E-state index in [9.17, 15) is 4.79 Å². The maximum atomic E-state index is 12.5. The molecule has 0 aliphatic rings. The number of carbonyl (C=O) groups is 1. The van der Waals surface area contributed by atoms with Crippen molar-refractivity contribution in [2.45, 2.75) is 13.3 Å².